The van der Waals surface area contributed by atoms with Crippen LogP contribution in [0.1, 0.15) is 24.1 Å². The van der Waals surface area contributed by atoms with E-state index in [0.29, 0.717) is 11.3 Å². The van der Waals surface area contributed by atoms with Gasteiger partial charge in [-0.15, -0.1) is 0 Å². The van der Waals surface area contributed by atoms with Crippen molar-refractivity contribution in [3.63, 3.8) is 0 Å². The second-order valence-electron chi connectivity index (χ2n) is 4.91. The van der Waals surface area contributed by atoms with Crippen molar-refractivity contribution < 1.29 is 18.3 Å². The molecule has 0 spiro atoms. The molecule has 23 heavy (non-hydrogen) atoms. The molecule has 0 fully saturated rings. The predicted octanol–water partition coefficient (Wildman–Crippen LogP) is 3.87. The molecule has 1 aromatic heterocycles. The molecule has 2 rings (SSSR count). The maximum Gasteiger partial charge on any atom is 0.387 e. The molecule has 1 heterocycles. The van der Waals surface area contributed by atoms with Crippen LogP contribution in [-0.2, 0) is 0 Å². The van der Waals surface area contributed by atoms with E-state index in [-0.39, 0.29) is 11.8 Å². The van der Waals surface area contributed by atoms with E-state index in [9.17, 15) is 13.6 Å². The lowest BCUT2D eigenvalue weighted by atomic mass is 10.1. The van der Waals surface area contributed by atoms with Crippen LogP contribution >= 0.6 is 0 Å². The number of benzene rings is 1. The highest BCUT2D eigenvalue weighted by Gasteiger charge is 2.13. The summed E-state index contributed by atoms with van der Waals surface area (Å²) in [5.41, 5.74) is 1.74. The van der Waals surface area contributed by atoms with Crippen molar-refractivity contribution in [1.29, 1.82) is 0 Å². The third-order valence-corrected chi connectivity index (χ3v) is 3.30. The first-order chi connectivity index (χ1) is 11.0. The van der Waals surface area contributed by atoms with Gasteiger partial charge in [-0.2, -0.15) is 8.78 Å². The van der Waals surface area contributed by atoms with Crippen LogP contribution in [0, 0.1) is 6.92 Å². The molecule has 5 nitrogen and oxygen atoms in total. The van der Waals surface area contributed by atoms with Gasteiger partial charge in [0.2, 0.25) is 0 Å². The summed E-state index contributed by atoms with van der Waals surface area (Å²) in [6.07, 6.45) is 3.28. The average molecular weight is 321 g/mol. The van der Waals surface area contributed by atoms with Crippen LogP contribution in [0.3, 0.4) is 0 Å². The summed E-state index contributed by atoms with van der Waals surface area (Å²) >= 11 is 0. The van der Waals surface area contributed by atoms with Crippen molar-refractivity contribution in [1.82, 2.24) is 10.3 Å². The second-order valence-corrected chi connectivity index (χ2v) is 4.91. The van der Waals surface area contributed by atoms with Gasteiger partial charge in [-0.3, -0.25) is 4.98 Å². The number of rotatable bonds is 5. The van der Waals surface area contributed by atoms with E-state index >= 15 is 0 Å². The second kappa shape index (κ2) is 7.53. The lowest BCUT2D eigenvalue weighted by molar-refractivity contribution is -0.0502. The molecule has 0 aliphatic carbocycles. The first-order valence-corrected chi connectivity index (χ1v) is 6.99. The first kappa shape index (κ1) is 16.7. The third kappa shape index (κ3) is 4.64. The van der Waals surface area contributed by atoms with Crippen molar-refractivity contribution in [3.05, 3.63) is 53.9 Å². The van der Waals surface area contributed by atoms with Gasteiger partial charge >= 0.3 is 12.6 Å². The third-order valence-electron chi connectivity index (χ3n) is 3.30. The molecular formula is C16H17F2N3O2. The molecule has 1 aromatic carbocycles. The zero-order valence-electron chi connectivity index (χ0n) is 12.7. The van der Waals surface area contributed by atoms with Crippen molar-refractivity contribution in [2.75, 3.05) is 5.32 Å². The summed E-state index contributed by atoms with van der Waals surface area (Å²) in [4.78, 5) is 16.0. The Balaban J connectivity index is 2.03. The van der Waals surface area contributed by atoms with Crippen molar-refractivity contribution in [3.8, 4) is 5.75 Å². The number of hydrogen-bond donors (Lipinski definition) is 2. The Kier molecular flexibility index (Phi) is 5.46. The molecule has 0 saturated heterocycles. The molecule has 2 aromatic rings. The number of ether oxygens (including phenoxy) is 1. The van der Waals surface area contributed by atoms with Crippen LogP contribution in [0.15, 0.2) is 42.7 Å². The fourth-order valence-corrected chi connectivity index (χ4v) is 2.06. The van der Waals surface area contributed by atoms with Gasteiger partial charge < -0.3 is 15.4 Å². The number of carbonyl (C=O) groups excluding carboxylic acids is 1. The highest BCUT2D eigenvalue weighted by Crippen LogP contribution is 2.26. The van der Waals surface area contributed by atoms with Gasteiger partial charge in [0, 0.05) is 23.6 Å². The Morgan fingerprint density at radius 3 is 2.57 bits per heavy atom. The lowest BCUT2D eigenvalue weighted by Gasteiger charge is -2.17. The normalized spacial score (nSPS) is 11.9. The van der Waals surface area contributed by atoms with E-state index in [1.165, 1.54) is 12.1 Å². The number of pyridine rings is 1. The number of urea groups is 1. The van der Waals surface area contributed by atoms with Gasteiger partial charge in [0.25, 0.3) is 0 Å². The largest absolute Gasteiger partial charge is 0.434 e. The highest BCUT2D eigenvalue weighted by atomic mass is 19.3. The number of aromatic nitrogens is 1. The molecule has 0 saturated carbocycles. The summed E-state index contributed by atoms with van der Waals surface area (Å²) in [5.74, 6) is 0.0278. The molecule has 7 heteroatoms. The maximum atomic E-state index is 12.3. The fraction of sp³-hybridized carbons (Fsp3) is 0.250. The van der Waals surface area contributed by atoms with Gasteiger partial charge in [0.1, 0.15) is 5.75 Å². The number of halogens is 2. The molecule has 2 amide bonds. The SMILES string of the molecule is Cc1c(NC(=O)NC(C)c2ccncc2)cccc1OC(F)F. The summed E-state index contributed by atoms with van der Waals surface area (Å²) in [5, 5.41) is 5.40. The van der Waals surface area contributed by atoms with Crippen molar-refractivity contribution in [2.45, 2.75) is 26.5 Å². The maximum absolute atomic E-state index is 12.3. The Bertz CT molecular complexity index is 666. The first-order valence-electron chi connectivity index (χ1n) is 6.99. The smallest absolute Gasteiger partial charge is 0.387 e. The highest BCUT2D eigenvalue weighted by molar-refractivity contribution is 5.90. The van der Waals surface area contributed by atoms with Crippen LogP contribution in [0.5, 0.6) is 5.75 Å². The van der Waals surface area contributed by atoms with Crippen LogP contribution in [0.25, 0.3) is 0 Å². The summed E-state index contributed by atoms with van der Waals surface area (Å²) in [7, 11) is 0. The van der Waals surface area contributed by atoms with E-state index in [1.807, 2.05) is 6.92 Å². The number of carbonyl (C=O) groups is 1. The lowest BCUT2D eigenvalue weighted by Crippen LogP contribution is -2.31. The molecule has 2 N–H and O–H groups in total. The van der Waals surface area contributed by atoms with E-state index in [2.05, 4.69) is 20.4 Å². The average Bonchev–Trinajstić information content (AvgIpc) is 2.51. The molecule has 1 atom stereocenters. The summed E-state index contributed by atoms with van der Waals surface area (Å²) in [6.45, 7) is 0.516. The van der Waals surface area contributed by atoms with E-state index in [1.54, 1.807) is 37.5 Å². The number of alkyl halides is 2. The van der Waals surface area contributed by atoms with Crippen LogP contribution in [0.2, 0.25) is 0 Å². The number of anilines is 1. The quantitative estimate of drug-likeness (QED) is 0.878. The Morgan fingerprint density at radius 1 is 1.22 bits per heavy atom. The predicted molar refractivity (Wildman–Crippen MR) is 82.6 cm³/mol. The van der Waals surface area contributed by atoms with Gasteiger partial charge in [-0.05, 0) is 43.7 Å². The molecule has 0 aliphatic heterocycles. The van der Waals surface area contributed by atoms with Gasteiger partial charge in [-0.25, -0.2) is 4.79 Å². The Hall–Kier alpha value is -2.70. The summed E-state index contributed by atoms with van der Waals surface area (Å²) < 4.78 is 29.1. The van der Waals surface area contributed by atoms with Crippen molar-refractivity contribution >= 4 is 11.7 Å². The van der Waals surface area contributed by atoms with E-state index in [0.717, 1.165) is 5.56 Å². The van der Waals surface area contributed by atoms with Gasteiger partial charge in [-0.1, -0.05) is 6.07 Å². The van der Waals surface area contributed by atoms with E-state index < -0.39 is 12.6 Å². The topological polar surface area (TPSA) is 63.2 Å². The number of hydrogen-bond acceptors (Lipinski definition) is 3. The molecular weight excluding hydrogens is 304 g/mol. The molecule has 0 aliphatic rings. The Labute approximate surface area is 132 Å². The fourth-order valence-electron chi connectivity index (χ4n) is 2.06. The molecule has 1 unspecified atom stereocenters. The molecule has 0 radical (unpaired) electrons. The zero-order chi connectivity index (χ0) is 16.8. The summed E-state index contributed by atoms with van der Waals surface area (Å²) in [6, 6.07) is 7.51. The number of amides is 2. The monoisotopic (exact) mass is 321 g/mol. The van der Waals surface area contributed by atoms with Crippen LogP contribution in [-0.4, -0.2) is 17.6 Å². The number of nitrogens with zero attached hydrogens (tertiary/aromatic N) is 1. The number of nitrogens with one attached hydrogen (secondary N) is 2. The van der Waals surface area contributed by atoms with Crippen LogP contribution in [0.4, 0.5) is 19.3 Å². The minimum absolute atomic E-state index is 0.0278. The zero-order valence-corrected chi connectivity index (χ0v) is 12.7. The molecule has 122 valence electrons. The van der Waals surface area contributed by atoms with Gasteiger partial charge in [0.15, 0.2) is 0 Å². The Morgan fingerprint density at radius 2 is 1.91 bits per heavy atom. The molecule has 0 bridgehead atoms. The minimum atomic E-state index is -2.91. The van der Waals surface area contributed by atoms with E-state index in [4.69, 9.17) is 0 Å². The standard InChI is InChI=1S/C16H17F2N3O2/c1-10-13(4-3-5-14(10)23-15(17)18)21-16(22)20-11(2)12-6-8-19-9-7-12/h3-9,11,15H,1-2H3,(H2,20,21,22). The van der Waals surface area contributed by atoms with Crippen LogP contribution < -0.4 is 15.4 Å². The minimum Gasteiger partial charge on any atom is -0.434 e. The van der Waals surface area contributed by atoms with Gasteiger partial charge in [0.05, 0.1) is 6.04 Å². The van der Waals surface area contributed by atoms with Crippen molar-refractivity contribution in [2.24, 2.45) is 0 Å².